The van der Waals surface area contributed by atoms with E-state index in [2.05, 4.69) is 25.9 Å². The summed E-state index contributed by atoms with van der Waals surface area (Å²) in [6.07, 6.45) is 1.89. The highest BCUT2D eigenvalue weighted by atomic mass is 79.9. The second-order valence-corrected chi connectivity index (χ2v) is 8.65. The van der Waals surface area contributed by atoms with E-state index in [0.29, 0.717) is 29.9 Å². The van der Waals surface area contributed by atoms with Crippen molar-refractivity contribution in [2.24, 2.45) is 0 Å². The summed E-state index contributed by atoms with van der Waals surface area (Å²) in [5.41, 5.74) is 0.664. The summed E-state index contributed by atoms with van der Waals surface area (Å²) in [4.78, 5) is 17.9. The quantitative estimate of drug-likeness (QED) is 0.667. The lowest BCUT2D eigenvalue weighted by molar-refractivity contribution is 0.205. The Morgan fingerprint density at radius 1 is 1.35 bits per heavy atom. The third-order valence-electron chi connectivity index (χ3n) is 4.14. The van der Waals surface area contributed by atoms with Gasteiger partial charge in [-0.05, 0) is 52.7 Å². The Kier molecular flexibility index (Phi) is 4.33. The van der Waals surface area contributed by atoms with Gasteiger partial charge < -0.3 is 9.15 Å². The van der Waals surface area contributed by atoms with Gasteiger partial charge in [-0.15, -0.1) is 0 Å². The first-order valence-electron chi connectivity index (χ1n) is 7.84. The molecule has 26 heavy (non-hydrogen) atoms. The van der Waals surface area contributed by atoms with Crippen LogP contribution < -0.4 is 10.5 Å². The van der Waals surface area contributed by atoms with E-state index < -0.39 is 15.8 Å². The second kappa shape index (κ2) is 6.53. The van der Waals surface area contributed by atoms with E-state index in [-0.39, 0.29) is 17.5 Å². The predicted molar refractivity (Wildman–Crippen MR) is 96.6 cm³/mol. The number of halogens is 1. The minimum Gasteiger partial charge on any atom is -0.472 e. The smallest absolute Gasteiger partial charge is 0.417 e. The van der Waals surface area contributed by atoms with Crippen LogP contribution in [0.5, 0.6) is 5.88 Å². The van der Waals surface area contributed by atoms with Gasteiger partial charge in [0, 0.05) is 12.7 Å². The zero-order chi connectivity index (χ0) is 18.3. The first-order valence-corrected chi connectivity index (χ1v) is 10.1. The Labute approximate surface area is 157 Å². The summed E-state index contributed by atoms with van der Waals surface area (Å²) in [5.74, 6) is -0.181. The molecule has 1 N–H and O–H groups in total. The summed E-state index contributed by atoms with van der Waals surface area (Å²) >= 11 is 3.36. The Morgan fingerprint density at radius 2 is 2.19 bits per heavy atom. The number of hydrogen-bond acceptors (Lipinski definition) is 6. The molecule has 0 spiro atoms. The number of pyridine rings is 1. The number of aromatic nitrogens is 2. The van der Waals surface area contributed by atoms with Crippen LogP contribution >= 0.6 is 15.9 Å². The standard InChI is InChI=1S/C16H14BrN3O5S/c17-12-2-1-6-18-15(12)24-10-5-7-20(9-10)26(22,23)11-3-4-14-13(8-11)19-16(21)25-14/h1-4,6,8,10H,5,7,9H2,(H,19,21). The topological polar surface area (TPSA) is 106 Å². The number of benzene rings is 1. The molecule has 1 aliphatic heterocycles. The molecule has 8 nitrogen and oxygen atoms in total. The highest BCUT2D eigenvalue weighted by Crippen LogP contribution is 2.27. The van der Waals surface area contributed by atoms with E-state index in [9.17, 15) is 13.2 Å². The monoisotopic (exact) mass is 439 g/mol. The molecular formula is C16H14BrN3O5S. The van der Waals surface area contributed by atoms with Crippen LogP contribution in [-0.4, -0.2) is 41.9 Å². The lowest BCUT2D eigenvalue weighted by Crippen LogP contribution is -2.31. The van der Waals surface area contributed by atoms with Crippen LogP contribution in [0.4, 0.5) is 0 Å². The fourth-order valence-corrected chi connectivity index (χ4v) is 4.73. The van der Waals surface area contributed by atoms with Crippen molar-refractivity contribution < 1.29 is 17.6 Å². The lowest BCUT2D eigenvalue weighted by atomic mass is 10.3. The molecule has 0 radical (unpaired) electrons. The molecule has 2 aromatic heterocycles. The van der Waals surface area contributed by atoms with Gasteiger partial charge in [0.15, 0.2) is 5.58 Å². The maximum atomic E-state index is 12.9. The van der Waals surface area contributed by atoms with Gasteiger partial charge >= 0.3 is 5.76 Å². The van der Waals surface area contributed by atoms with Crippen LogP contribution in [-0.2, 0) is 10.0 Å². The molecule has 1 unspecified atom stereocenters. The maximum absolute atomic E-state index is 12.9. The van der Waals surface area contributed by atoms with Gasteiger partial charge in [0.2, 0.25) is 15.9 Å². The van der Waals surface area contributed by atoms with E-state index in [1.807, 2.05) is 6.07 Å². The highest BCUT2D eigenvalue weighted by Gasteiger charge is 2.34. The zero-order valence-corrected chi connectivity index (χ0v) is 15.8. The fourth-order valence-electron chi connectivity index (χ4n) is 2.87. The average molecular weight is 440 g/mol. The number of nitrogens with zero attached hydrogens (tertiary/aromatic N) is 2. The molecule has 0 saturated carbocycles. The van der Waals surface area contributed by atoms with Gasteiger partial charge in [-0.25, -0.2) is 18.2 Å². The highest BCUT2D eigenvalue weighted by molar-refractivity contribution is 9.10. The number of aromatic amines is 1. The van der Waals surface area contributed by atoms with Crippen molar-refractivity contribution >= 4 is 37.1 Å². The van der Waals surface area contributed by atoms with Gasteiger partial charge in [0.05, 0.1) is 21.4 Å². The van der Waals surface area contributed by atoms with Gasteiger partial charge in [-0.1, -0.05) is 0 Å². The number of nitrogens with one attached hydrogen (secondary N) is 1. The number of rotatable bonds is 4. The lowest BCUT2D eigenvalue weighted by Gasteiger charge is -2.17. The second-order valence-electron chi connectivity index (χ2n) is 5.85. The molecule has 0 amide bonds. The Hall–Kier alpha value is -2.17. The molecule has 4 rings (SSSR count). The maximum Gasteiger partial charge on any atom is 0.417 e. The SMILES string of the molecule is O=c1[nH]c2cc(S(=O)(=O)N3CCC(Oc4ncccc4Br)C3)ccc2o1. The zero-order valence-electron chi connectivity index (χ0n) is 13.4. The van der Waals surface area contributed by atoms with E-state index in [0.717, 1.165) is 4.47 Å². The van der Waals surface area contributed by atoms with Gasteiger partial charge in [-0.2, -0.15) is 4.31 Å². The Balaban J connectivity index is 1.54. The number of oxazole rings is 1. The van der Waals surface area contributed by atoms with E-state index in [1.165, 1.54) is 22.5 Å². The van der Waals surface area contributed by atoms with Crippen LogP contribution in [0.25, 0.3) is 11.1 Å². The number of ether oxygens (including phenoxy) is 1. The number of fused-ring (bicyclic) bond motifs is 1. The molecule has 1 fully saturated rings. The van der Waals surface area contributed by atoms with Crippen LogP contribution in [0, 0.1) is 0 Å². The van der Waals surface area contributed by atoms with Crippen LogP contribution in [0.15, 0.2) is 55.1 Å². The van der Waals surface area contributed by atoms with Crippen LogP contribution in [0.2, 0.25) is 0 Å². The molecule has 1 aliphatic rings. The minimum absolute atomic E-state index is 0.0988. The number of sulfonamides is 1. The molecule has 1 atom stereocenters. The summed E-state index contributed by atoms with van der Waals surface area (Å²) < 4.78 is 38.6. The largest absolute Gasteiger partial charge is 0.472 e. The molecule has 1 saturated heterocycles. The summed E-state index contributed by atoms with van der Waals surface area (Å²) in [5, 5.41) is 0. The summed E-state index contributed by atoms with van der Waals surface area (Å²) in [6, 6.07) is 7.89. The Morgan fingerprint density at radius 3 is 3.00 bits per heavy atom. The number of hydrogen-bond donors (Lipinski definition) is 1. The molecule has 0 aliphatic carbocycles. The normalized spacial score (nSPS) is 18.4. The van der Waals surface area contributed by atoms with Gasteiger partial charge in [0.1, 0.15) is 6.10 Å². The van der Waals surface area contributed by atoms with Crippen LogP contribution in [0.3, 0.4) is 0 Å². The number of H-pyrrole nitrogens is 1. The van der Waals surface area contributed by atoms with Crippen molar-refractivity contribution in [2.75, 3.05) is 13.1 Å². The molecule has 10 heteroatoms. The minimum atomic E-state index is -3.70. The fraction of sp³-hybridized carbons (Fsp3) is 0.250. The van der Waals surface area contributed by atoms with Gasteiger partial charge in [0.25, 0.3) is 0 Å². The van der Waals surface area contributed by atoms with E-state index >= 15 is 0 Å². The first kappa shape index (κ1) is 17.3. The van der Waals surface area contributed by atoms with Crippen molar-refractivity contribution in [3.05, 3.63) is 51.6 Å². The first-order chi connectivity index (χ1) is 12.4. The van der Waals surface area contributed by atoms with E-state index in [1.54, 1.807) is 12.3 Å². The van der Waals surface area contributed by atoms with Crippen molar-refractivity contribution in [2.45, 2.75) is 17.4 Å². The summed E-state index contributed by atoms with van der Waals surface area (Å²) in [6.45, 7) is 0.572. The average Bonchev–Trinajstić information content (AvgIpc) is 3.22. The van der Waals surface area contributed by atoms with Crippen molar-refractivity contribution in [3.8, 4) is 5.88 Å². The Bertz CT molecular complexity index is 1120. The van der Waals surface area contributed by atoms with Gasteiger partial charge in [-0.3, -0.25) is 4.98 Å². The molecule has 3 aromatic rings. The molecule has 1 aromatic carbocycles. The molecule has 0 bridgehead atoms. The van der Waals surface area contributed by atoms with Crippen LogP contribution in [0.1, 0.15) is 6.42 Å². The van der Waals surface area contributed by atoms with Crippen molar-refractivity contribution in [3.63, 3.8) is 0 Å². The van der Waals surface area contributed by atoms with Crippen molar-refractivity contribution in [1.82, 2.24) is 14.3 Å². The van der Waals surface area contributed by atoms with Crippen molar-refractivity contribution in [1.29, 1.82) is 0 Å². The molecular weight excluding hydrogens is 426 g/mol. The molecule has 3 heterocycles. The third kappa shape index (κ3) is 3.15. The van der Waals surface area contributed by atoms with E-state index in [4.69, 9.17) is 9.15 Å². The third-order valence-corrected chi connectivity index (χ3v) is 6.60. The molecule has 136 valence electrons. The predicted octanol–water partition coefficient (Wildman–Crippen LogP) is 2.12. The summed E-state index contributed by atoms with van der Waals surface area (Å²) in [7, 11) is -3.70.